The molecule has 1 amide bonds. The Bertz CT molecular complexity index is 1200. The van der Waals surface area contributed by atoms with Crippen LogP contribution in [0.25, 0.3) is 22.4 Å². The first kappa shape index (κ1) is 19.1. The minimum absolute atomic E-state index is 0.0616. The van der Waals surface area contributed by atoms with E-state index in [2.05, 4.69) is 0 Å². The summed E-state index contributed by atoms with van der Waals surface area (Å²) >= 11 is 6.28. The van der Waals surface area contributed by atoms with Gasteiger partial charge in [-0.05, 0) is 35.7 Å². The number of rotatable bonds is 3. The first-order valence-electron chi connectivity index (χ1n) is 10.0. The Morgan fingerprint density at radius 2 is 1.83 bits per heavy atom. The zero-order chi connectivity index (χ0) is 20.8. The van der Waals surface area contributed by atoms with Crippen LogP contribution in [0.1, 0.15) is 15.9 Å². The van der Waals surface area contributed by atoms with Crippen LogP contribution in [0.3, 0.4) is 0 Å². The number of nitrogens with zero attached hydrogens (tertiary/aromatic N) is 2. The minimum Gasteiger partial charge on any atom is -0.378 e. The smallest absolute Gasteiger partial charge is 0.258 e. The number of pyridine rings is 1. The molecule has 5 nitrogen and oxygen atoms in total. The summed E-state index contributed by atoms with van der Waals surface area (Å²) in [6, 6.07) is 16.9. The highest BCUT2D eigenvalue weighted by atomic mass is 35.5. The molecule has 2 aromatic carbocycles. The number of ether oxygens (including phenoxy) is 1. The van der Waals surface area contributed by atoms with Gasteiger partial charge in [0.1, 0.15) is 0 Å². The number of hydrogen-bond acceptors (Lipinski definition) is 3. The second kappa shape index (κ2) is 7.42. The van der Waals surface area contributed by atoms with Crippen molar-refractivity contribution >= 4 is 17.5 Å². The van der Waals surface area contributed by atoms with Crippen molar-refractivity contribution in [3.05, 3.63) is 81.1 Å². The number of aromatic nitrogens is 1. The van der Waals surface area contributed by atoms with Gasteiger partial charge < -0.3 is 14.2 Å². The molecule has 0 radical (unpaired) electrons. The van der Waals surface area contributed by atoms with Gasteiger partial charge in [0.05, 0.1) is 17.4 Å². The van der Waals surface area contributed by atoms with Crippen LogP contribution >= 0.6 is 11.6 Å². The van der Waals surface area contributed by atoms with Crippen LogP contribution in [0.5, 0.6) is 0 Å². The predicted octanol–water partition coefficient (Wildman–Crippen LogP) is 3.86. The van der Waals surface area contributed by atoms with Gasteiger partial charge in [-0.15, -0.1) is 0 Å². The first-order valence-corrected chi connectivity index (χ1v) is 10.4. The quantitative estimate of drug-likeness (QED) is 0.646. The average molecular weight is 421 g/mol. The van der Waals surface area contributed by atoms with Crippen LogP contribution in [-0.4, -0.2) is 41.7 Å². The number of halogens is 1. The normalized spacial score (nSPS) is 15.3. The van der Waals surface area contributed by atoms with E-state index in [1.807, 2.05) is 48.5 Å². The molecular formula is C24H21ClN2O3. The van der Waals surface area contributed by atoms with Crippen LogP contribution < -0.4 is 5.56 Å². The number of benzene rings is 2. The summed E-state index contributed by atoms with van der Waals surface area (Å²) in [7, 11) is 1.65. The highest BCUT2D eigenvalue weighted by Crippen LogP contribution is 2.35. The van der Waals surface area contributed by atoms with Gasteiger partial charge in [0.25, 0.3) is 11.5 Å². The third-order valence-corrected chi connectivity index (χ3v) is 6.24. The molecule has 3 heterocycles. The van der Waals surface area contributed by atoms with Crippen LogP contribution in [0, 0.1) is 0 Å². The summed E-state index contributed by atoms with van der Waals surface area (Å²) in [6.07, 6.45) is 0.785. The molecule has 1 aromatic heterocycles. The van der Waals surface area contributed by atoms with E-state index < -0.39 is 0 Å². The number of methoxy groups -OCH3 is 1. The molecule has 1 saturated heterocycles. The molecule has 6 heteroatoms. The molecule has 0 saturated carbocycles. The molecule has 30 heavy (non-hydrogen) atoms. The van der Waals surface area contributed by atoms with Gasteiger partial charge in [0.2, 0.25) is 0 Å². The maximum Gasteiger partial charge on any atom is 0.258 e. The number of carbonyl (C=O) groups excluding carboxylic acids is 1. The average Bonchev–Trinajstić information content (AvgIpc) is 2.73. The maximum absolute atomic E-state index is 13.5. The van der Waals surface area contributed by atoms with Crippen molar-refractivity contribution in [2.24, 2.45) is 0 Å². The van der Waals surface area contributed by atoms with E-state index in [4.69, 9.17) is 16.3 Å². The van der Waals surface area contributed by atoms with Crippen LogP contribution in [0.2, 0.25) is 5.02 Å². The van der Waals surface area contributed by atoms with Gasteiger partial charge in [-0.25, -0.2) is 0 Å². The maximum atomic E-state index is 13.5. The van der Waals surface area contributed by atoms with Crippen molar-refractivity contribution in [1.82, 2.24) is 9.47 Å². The highest BCUT2D eigenvalue weighted by molar-refractivity contribution is 6.31. The largest absolute Gasteiger partial charge is 0.378 e. The molecular weight excluding hydrogens is 400 g/mol. The fourth-order valence-corrected chi connectivity index (χ4v) is 4.47. The van der Waals surface area contributed by atoms with E-state index in [1.54, 1.807) is 22.6 Å². The molecule has 3 aromatic rings. The third kappa shape index (κ3) is 3.06. The van der Waals surface area contributed by atoms with Crippen LogP contribution in [0.15, 0.2) is 59.4 Å². The topological polar surface area (TPSA) is 51.5 Å². The SMILES string of the molecule is COC1CN(C(=O)c2cc(-c3ccccc3)c(=O)n3c2-c2cc(Cl)ccc2CC3)C1. The van der Waals surface area contributed by atoms with Crippen LogP contribution in [0.4, 0.5) is 0 Å². The number of fused-ring (bicyclic) bond motifs is 3. The summed E-state index contributed by atoms with van der Waals surface area (Å²) in [5.41, 5.74) is 4.41. The Balaban J connectivity index is 1.73. The second-order valence-corrected chi connectivity index (χ2v) is 8.20. The Kier molecular flexibility index (Phi) is 4.72. The molecule has 0 atom stereocenters. The molecule has 1 fully saturated rings. The first-order chi connectivity index (χ1) is 14.6. The van der Waals surface area contributed by atoms with Gasteiger partial charge >= 0.3 is 0 Å². The fourth-order valence-electron chi connectivity index (χ4n) is 4.30. The summed E-state index contributed by atoms with van der Waals surface area (Å²) in [6.45, 7) is 1.64. The summed E-state index contributed by atoms with van der Waals surface area (Å²) < 4.78 is 7.07. The molecule has 0 N–H and O–H groups in total. The van der Waals surface area contributed by atoms with Crippen molar-refractivity contribution < 1.29 is 9.53 Å². The van der Waals surface area contributed by atoms with Gasteiger partial charge in [-0.2, -0.15) is 0 Å². The molecule has 5 rings (SSSR count). The number of likely N-dealkylation sites (tertiary alicyclic amines) is 1. The number of carbonyl (C=O) groups is 1. The monoisotopic (exact) mass is 420 g/mol. The lowest BCUT2D eigenvalue weighted by Crippen LogP contribution is -2.54. The molecule has 2 aliphatic rings. The van der Waals surface area contributed by atoms with E-state index >= 15 is 0 Å². The Morgan fingerprint density at radius 1 is 1.07 bits per heavy atom. The van der Waals surface area contributed by atoms with Crippen molar-refractivity contribution in [3.8, 4) is 22.4 Å². The summed E-state index contributed by atoms with van der Waals surface area (Å²) in [5, 5.41) is 0.587. The number of aryl methyl sites for hydroxylation is 1. The molecule has 2 aliphatic heterocycles. The van der Waals surface area contributed by atoms with E-state index in [0.717, 1.165) is 23.1 Å². The van der Waals surface area contributed by atoms with Crippen molar-refractivity contribution in [2.75, 3.05) is 20.2 Å². The van der Waals surface area contributed by atoms with Crippen molar-refractivity contribution in [3.63, 3.8) is 0 Å². The van der Waals surface area contributed by atoms with Gasteiger partial charge in [-0.3, -0.25) is 9.59 Å². The fraction of sp³-hybridized carbons (Fsp3) is 0.250. The lowest BCUT2D eigenvalue weighted by Gasteiger charge is -2.39. The van der Waals surface area contributed by atoms with E-state index in [9.17, 15) is 9.59 Å². The molecule has 0 aliphatic carbocycles. The van der Waals surface area contributed by atoms with E-state index in [1.165, 1.54) is 0 Å². The molecule has 0 bridgehead atoms. The van der Waals surface area contributed by atoms with E-state index in [-0.39, 0.29) is 17.6 Å². The number of hydrogen-bond donors (Lipinski definition) is 0. The van der Waals surface area contributed by atoms with Crippen molar-refractivity contribution in [1.29, 1.82) is 0 Å². The lowest BCUT2D eigenvalue weighted by molar-refractivity contribution is -0.0191. The minimum atomic E-state index is -0.0863. The molecule has 152 valence electrons. The van der Waals surface area contributed by atoms with Crippen molar-refractivity contribution in [2.45, 2.75) is 19.1 Å². The summed E-state index contributed by atoms with van der Waals surface area (Å²) in [5.74, 6) is -0.0861. The highest BCUT2D eigenvalue weighted by Gasteiger charge is 2.34. The molecule has 0 unspecified atom stereocenters. The second-order valence-electron chi connectivity index (χ2n) is 7.76. The number of amides is 1. The van der Waals surface area contributed by atoms with Crippen LogP contribution in [-0.2, 0) is 17.7 Å². The molecule has 0 spiro atoms. The van der Waals surface area contributed by atoms with Gasteiger partial charge in [-0.1, -0.05) is 48.0 Å². The summed E-state index contributed by atoms with van der Waals surface area (Å²) in [4.78, 5) is 28.7. The third-order valence-electron chi connectivity index (χ3n) is 6.00. The zero-order valence-electron chi connectivity index (χ0n) is 16.6. The predicted molar refractivity (Wildman–Crippen MR) is 117 cm³/mol. The Hall–Kier alpha value is -2.89. The Morgan fingerprint density at radius 3 is 2.57 bits per heavy atom. The standard InChI is InChI=1S/C24H21ClN2O3/c1-30-18-13-26(14-18)23(28)21-12-20(15-5-3-2-4-6-15)24(29)27-10-9-16-7-8-17(25)11-19(16)22(21)27/h2-8,11-12,18H,9-10,13-14H2,1H3. The van der Waals surface area contributed by atoms with E-state index in [0.29, 0.717) is 41.5 Å². The lowest BCUT2D eigenvalue weighted by atomic mass is 9.91. The Labute approximate surface area is 179 Å². The van der Waals surface area contributed by atoms with Gasteiger partial charge in [0.15, 0.2) is 0 Å². The zero-order valence-corrected chi connectivity index (χ0v) is 17.4. The van der Waals surface area contributed by atoms with Gasteiger partial charge in [0, 0.05) is 42.9 Å².